The number of nitrogens with zero attached hydrogens (tertiary/aromatic N) is 2. The number of para-hydroxylation sites is 2. The summed E-state index contributed by atoms with van der Waals surface area (Å²) in [5.74, 6) is 1.34. The summed E-state index contributed by atoms with van der Waals surface area (Å²) in [5, 5.41) is 0. The second-order valence-electron chi connectivity index (χ2n) is 5.73. The van der Waals surface area contributed by atoms with E-state index in [0.29, 0.717) is 5.92 Å². The fraction of sp³-hybridized carbons (Fsp3) is 0.533. The van der Waals surface area contributed by atoms with Gasteiger partial charge in [-0.05, 0) is 31.4 Å². The van der Waals surface area contributed by atoms with Gasteiger partial charge in [-0.3, -0.25) is 0 Å². The van der Waals surface area contributed by atoms with E-state index in [1.54, 1.807) is 0 Å². The summed E-state index contributed by atoms with van der Waals surface area (Å²) < 4.78 is 7.51. The standard InChI is InChI=1S/C15H16Cl2N2O/c16-15(17)8-10(15)9-19-12-5-2-1-4-11(12)18-14(19)13-6-3-7-20-13/h1-2,4-5,10,13H,3,6-9H2/t10-,13-/m0/s1. The van der Waals surface area contributed by atoms with Gasteiger partial charge in [0.25, 0.3) is 0 Å². The topological polar surface area (TPSA) is 27.1 Å². The molecule has 20 heavy (non-hydrogen) atoms. The van der Waals surface area contributed by atoms with Crippen LogP contribution in [0.25, 0.3) is 11.0 Å². The van der Waals surface area contributed by atoms with Crippen LogP contribution in [0, 0.1) is 5.92 Å². The highest BCUT2D eigenvalue weighted by Crippen LogP contribution is 2.54. The minimum atomic E-state index is -0.556. The van der Waals surface area contributed by atoms with Crippen molar-refractivity contribution in [2.45, 2.75) is 36.2 Å². The molecule has 0 spiro atoms. The first-order valence-electron chi connectivity index (χ1n) is 7.10. The Hall–Kier alpha value is -0.770. The number of hydrogen-bond acceptors (Lipinski definition) is 2. The zero-order valence-electron chi connectivity index (χ0n) is 11.1. The molecule has 2 heterocycles. The van der Waals surface area contributed by atoms with E-state index in [-0.39, 0.29) is 6.10 Å². The van der Waals surface area contributed by atoms with Crippen LogP contribution in [0.1, 0.15) is 31.2 Å². The van der Waals surface area contributed by atoms with Crippen LogP contribution in [0.5, 0.6) is 0 Å². The zero-order chi connectivity index (χ0) is 13.7. The van der Waals surface area contributed by atoms with Crippen LogP contribution in [-0.4, -0.2) is 20.5 Å². The van der Waals surface area contributed by atoms with Crippen LogP contribution >= 0.6 is 23.2 Å². The second-order valence-corrected chi connectivity index (χ2v) is 7.28. The average Bonchev–Trinajstić information content (AvgIpc) is 2.87. The molecule has 0 amide bonds. The third kappa shape index (κ3) is 2.12. The van der Waals surface area contributed by atoms with E-state index in [4.69, 9.17) is 32.9 Å². The number of halogens is 2. The van der Waals surface area contributed by atoms with Gasteiger partial charge < -0.3 is 9.30 Å². The molecule has 1 aromatic carbocycles. The minimum Gasteiger partial charge on any atom is -0.370 e. The smallest absolute Gasteiger partial charge is 0.139 e. The van der Waals surface area contributed by atoms with Crippen molar-refractivity contribution < 1.29 is 4.74 Å². The molecular weight excluding hydrogens is 295 g/mol. The maximum atomic E-state index is 6.19. The van der Waals surface area contributed by atoms with Crippen molar-refractivity contribution in [2.24, 2.45) is 5.92 Å². The molecule has 4 rings (SSSR count). The number of rotatable bonds is 3. The van der Waals surface area contributed by atoms with Gasteiger partial charge in [0.15, 0.2) is 0 Å². The predicted molar refractivity (Wildman–Crippen MR) is 80.2 cm³/mol. The maximum absolute atomic E-state index is 6.19. The van der Waals surface area contributed by atoms with Crippen LogP contribution in [0.4, 0.5) is 0 Å². The van der Waals surface area contributed by atoms with Gasteiger partial charge >= 0.3 is 0 Å². The molecule has 1 aliphatic carbocycles. The van der Waals surface area contributed by atoms with E-state index >= 15 is 0 Å². The fourth-order valence-electron chi connectivity index (χ4n) is 3.00. The lowest BCUT2D eigenvalue weighted by molar-refractivity contribution is 0.102. The molecule has 0 radical (unpaired) electrons. The number of aromatic nitrogens is 2. The van der Waals surface area contributed by atoms with E-state index < -0.39 is 4.33 Å². The minimum absolute atomic E-state index is 0.112. The molecule has 2 fully saturated rings. The Labute approximate surface area is 127 Å². The summed E-state index contributed by atoms with van der Waals surface area (Å²) in [7, 11) is 0. The number of hydrogen-bond donors (Lipinski definition) is 0. The van der Waals surface area contributed by atoms with Crippen molar-refractivity contribution in [3.05, 3.63) is 30.1 Å². The van der Waals surface area contributed by atoms with Gasteiger partial charge in [-0.1, -0.05) is 12.1 Å². The Morgan fingerprint density at radius 2 is 2.15 bits per heavy atom. The van der Waals surface area contributed by atoms with E-state index in [9.17, 15) is 0 Å². The number of benzene rings is 1. The van der Waals surface area contributed by atoms with Gasteiger partial charge in [0.05, 0.1) is 11.0 Å². The molecule has 5 heteroatoms. The molecule has 0 bridgehead atoms. The van der Waals surface area contributed by atoms with Gasteiger partial charge in [-0.25, -0.2) is 4.98 Å². The summed E-state index contributed by atoms with van der Waals surface area (Å²) in [6.45, 7) is 1.65. The molecule has 2 aromatic rings. The van der Waals surface area contributed by atoms with Crippen molar-refractivity contribution in [1.82, 2.24) is 9.55 Å². The molecule has 0 unspecified atom stereocenters. The van der Waals surface area contributed by atoms with E-state index in [1.807, 2.05) is 18.2 Å². The number of alkyl halides is 2. The Balaban J connectivity index is 1.76. The van der Waals surface area contributed by atoms with Gasteiger partial charge in [0.1, 0.15) is 16.3 Å². The zero-order valence-corrected chi connectivity index (χ0v) is 12.6. The molecule has 1 saturated heterocycles. The molecule has 1 aromatic heterocycles. The van der Waals surface area contributed by atoms with Crippen molar-refractivity contribution in [3.8, 4) is 0 Å². The van der Waals surface area contributed by atoms with Crippen LogP contribution in [0.15, 0.2) is 24.3 Å². The Morgan fingerprint density at radius 3 is 2.85 bits per heavy atom. The van der Waals surface area contributed by atoms with Crippen molar-refractivity contribution >= 4 is 34.2 Å². The van der Waals surface area contributed by atoms with E-state index in [2.05, 4.69) is 10.6 Å². The first-order chi connectivity index (χ1) is 9.65. The van der Waals surface area contributed by atoms with Gasteiger partial charge in [0, 0.05) is 19.1 Å². The monoisotopic (exact) mass is 310 g/mol. The van der Waals surface area contributed by atoms with Crippen LogP contribution < -0.4 is 0 Å². The molecule has 2 aliphatic rings. The summed E-state index contributed by atoms with van der Waals surface area (Å²) in [6, 6.07) is 8.21. The lowest BCUT2D eigenvalue weighted by atomic mass is 10.2. The molecule has 1 aliphatic heterocycles. The van der Waals surface area contributed by atoms with Gasteiger partial charge in [0.2, 0.25) is 0 Å². The first kappa shape index (κ1) is 12.9. The molecule has 2 atom stereocenters. The quantitative estimate of drug-likeness (QED) is 0.799. The highest BCUT2D eigenvalue weighted by Gasteiger charge is 2.52. The van der Waals surface area contributed by atoms with Crippen LogP contribution in [-0.2, 0) is 11.3 Å². The molecular formula is C15H16Cl2N2O. The SMILES string of the molecule is ClC1(Cl)C[C@H]1Cn1c([C@@H]2CCCO2)nc2ccccc21. The van der Waals surface area contributed by atoms with Crippen molar-refractivity contribution in [3.63, 3.8) is 0 Å². The van der Waals surface area contributed by atoms with Crippen LogP contribution in [0.2, 0.25) is 0 Å². The number of ether oxygens (including phenoxy) is 1. The lowest BCUT2D eigenvalue weighted by Crippen LogP contribution is -2.11. The van der Waals surface area contributed by atoms with Gasteiger partial charge in [-0.15, -0.1) is 23.2 Å². The molecule has 106 valence electrons. The van der Waals surface area contributed by atoms with Crippen LogP contribution in [0.3, 0.4) is 0 Å². The molecule has 1 saturated carbocycles. The highest BCUT2D eigenvalue weighted by atomic mass is 35.5. The van der Waals surface area contributed by atoms with E-state index in [0.717, 1.165) is 49.3 Å². The normalized spacial score (nSPS) is 28.1. The van der Waals surface area contributed by atoms with Crippen molar-refractivity contribution in [2.75, 3.05) is 6.61 Å². The van der Waals surface area contributed by atoms with E-state index in [1.165, 1.54) is 0 Å². The third-order valence-corrected chi connectivity index (χ3v) is 5.19. The lowest BCUT2D eigenvalue weighted by Gasteiger charge is -2.13. The maximum Gasteiger partial charge on any atom is 0.139 e. The average molecular weight is 311 g/mol. The Kier molecular flexibility index (Phi) is 2.99. The fourth-order valence-corrected chi connectivity index (χ4v) is 3.51. The first-order valence-corrected chi connectivity index (χ1v) is 7.85. The summed E-state index contributed by atoms with van der Waals surface area (Å²) >= 11 is 12.4. The third-order valence-electron chi connectivity index (χ3n) is 4.26. The Bertz CT molecular complexity index is 646. The second kappa shape index (κ2) is 4.62. The predicted octanol–water partition coefficient (Wildman–Crippen LogP) is 4.08. The Morgan fingerprint density at radius 1 is 1.35 bits per heavy atom. The highest BCUT2D eigenvalue weighted by molar-refractivity contribution is 6.50. The number of fused-ring (bicyclic) bond motifs is 1. The summed E-state index contributed by atoms with van der Waals surface area (Å²) in [4.78, 5) is 4.78. The molecule has 3 nitrogen and oxygen atoms in total. The largest absolute Gasteiger partial charge is 0.370 e. The molecule has 0 N–H and O–H groups in total. The van der Waals surface area contributed by atoms with Gasteiger partial charge in [-0.2, -0.15) is 0 Å². The number of imidazole rings is 1. The summed E-state index contributed by atoms with van der Waals surface area (Å²) in [6.07, 6.45) is 3.11. The summed E-state index contributed by atoms with van der Waals surface area (Å²) in [5.41, 5.74) is 2.17. The van der Waals surface area contributed by atoms with Crippen molar-refractivity contribution in [1.29, 1.82) is 0 Å².